The fraction of sp³-hybridized carbons (Fsp3) is 0.917. The summed E-state index contributed by atoms with van der Waals surface area (Å²) in [6.07, 6.45) is 2.55. The van der Waals surface area contributed by atoms with Crippen molar-refractivity contribution < 1.29 is 4.79 Å². The van der Waals surface area contributed by atoms with Crippen LogP contribution in [-0.4, -0.2) is 54.5 Å². The second-order valence-electron chi connectivity index (χ2n) is 4.76. The van der Waals surface area contributed by atoms with Gasteiger partial charge in [0, 0.05) is 38.6 Å². The average Bonchev–Trinajstić information content (AvgIpc) is 2.29. The molecule has 0 spiro atoms. The van der Waals surface area contributed by atoms with Gasteiger partial charge in [0.05, 0.1) is 0 Å². The van der Waals surface area contributed by atoms with Crippen molar-refractivity contribution in [2.45, 2.75) is 39.2 Å². The minimum Gasteiger partial charge on any atom is -0.340 e. The molecule has 4 heteroatoms. The maximum absolute atomic E-state index is 11.8. The van der Waals surface area contributed by atoms with E-state index in [2.05, 4.69) is 18.7 Å². The van der Waals surface area contributed by atoms with Crippen molar-refractivity contribution in [3.05, 3.63) is 0 Å². The normalized spacial score (nSPS) is 18.1. The Morgan fingerprint density at radius 1 is 1.19 bits per heavy atom. The zero-order valence-electron chi connectivity index (χ0n) is 10.6. The molecule has 0 aliphatic carbocycles. The smallest absolute Gasteiger partial charge is 0.222 e. The molecule has 2 N–H and O–H groups in total. The van der Waals surface area contributed by atoms with E-state index in [0.717, 1.165) is 39.0 Å². The van der Waals surface area contributed by atoms with Crippen molar-refractivity contribution in [2.75, 3.05) is 32.7 Å². The number of nitrogens with two attached hydrogens (primary N) is 1. The van der Waals surface area contributed by atoms with E-state index in [1.54, 1.807) is 0 Å². The van der Waals surface area contributed by atoms with Gasteiger partial charge < -0.3 is 10.6 Å². The molecule has 0 radical (unpaired) electrons. The maximum atomic E-state index is 11.8. The molecule has 1 heterocycles. The number of hydrogen-bond acceptors (Lipinski definition) is 3. The van der Waals surface area contributed by atoms with Crippen molar-refractivity contribution in [3.63, 3.8) is 0 Å². The first-order chi connectivity index (χ1) is 7.65. The lowest BCUT2D eigenvalue weighted by atomic mass is 10.2. The van der Waals surface area contributed by atoms with E-state index < -0.39 is 0 Å². The van der Waals surface area contributed by atoms with Crippen LogP contribution in [0.1, 0.15) is 33.1 Å². The first kappa shape index (κ1) is 13.5. The largest absolute Gasteiger partial charge is 0.340 e. The minimum atomic E-state index is 0.303. The second-order valence-corrected chi connectivity index (χ2v) is 4.76. The van der Waals surface area contributed by atoms with Gasteiger partial charge in [0.15, 0.2) is 0 Å². The van der Waals surface area contributed by atoms with E-state index in [1.807, 2.05) is 4.90 Å². The Hall–Kier alpha value is -0.610. The summed E-state index contributed by atoms with van der Waals surface area (Å²) in [6, 6.07) is 0.592. The fourth-order valence-corrected chi connectivity index (χ4v) is 2.07. The van der Waals surface area contributed by atoms with Crippen LogP contribution in [-0.2, 0) is 4.79 Å². The first-order valence-electron chi connectivity index (χ1n) is 6.37. The number of amides is 1. The lowest BCUT2D eigenvalue weighted by Crippen LogP contribution is -2.50. The molecule has 0 bridgehead atoms. The van der Waals surface area contributed by atoms with E-state index >= 15 is 0 Å². The molecule has 0 saturated carbocycles. The second kappa shape index (κ2) is 6.86. The summed E-state index contributed by atoms with van der Waals surface area (Å²) in [5, 5.41) is 0. The highest BCUT2D eigenvalue weighted by molar-refractivity contribution is 5.76. The Morgan fingerprint density at radius 2 is 1.81 bits per heavy atom. The molecule has 1 amide bonds. The molecule has 1 saturated heterocycles. The Labute approximate surface area is 98.8 Å². The van der Waals surface area contributed by atoms with Crippen molar-refractivity contribution in [2.24, 2.45) is 5.73 Å². The van der Waals surface area contributed by atoms with E-state index in [0.29, 0.717) is 24.9 Å². The fourth-order valence-electron chi connectivity index (χ4n) is 2.07. The van der Waals surface area contributed by atoms with Crippen molar-refractivity contribution in [1.82, 2.24) is 9.80 Å². The van der Waals surface area contributed by atoms with Gasteiger partial charge >= 0.3 is 0 Å². The molecule has 0 atom stereocenters. The topological polar surface area (TPSA) is 49.6 Å². The molecule has 16 heavy (non-hydrogen) atoms. The van der Waals surface area contributed by atoms with Crippen molar-refractivity contribution in [3.8, 4) is 0 Å². The summed E-state index contributed by atoms with van der Waals surface area (Å²) < 4.78 is 0. The molecular formula is C12H25N3O. The Kier molecular flexibility index (Phi) is 5.77. The number of rotatable bonds is 5. The predicted octanol–water partition coefficient (Wildman–Crippen LogP) is 0.668. The lowest BCUT2D eigenvalue weighted by Gasteiger charge is -2.37. The standard InChI is InChI=1S/C12H25N3O/c1-11(2)14-7-9-15(10-8-14)12(16)5-3-4-6-13/h11H,3-10,13H2,1-2H3. The minimum absolute atomic E-state index is 0.303. The molecule has 1 aliphatic rings. The molecule has 94 valence electrons. The van der Waals surface area contributed by atoms with E-state index in [4.69, 9.17) is 5.73 Å². The van der Waals surface area contributed by atoms with Crippen LogP contribution in [0.2, 0.25) is 0 Å². The number of piperazine rings is 1. The predicted molar refractivity (Wildman–Crippen MR) is 66.2 cm³/mol. The molecule has 1 aliphatic heterocycles. The molecule has 0 aromatic carbocycles. The summed E-state index contributed by atoms with van der Waals surface area (Å²) in [5.74, 6) is 0.303. The van der Waals surface area contributed by atoms with Gasteiger partial charge in [0.1, 0.15) is 0 Å². The van der Waals surface area contributed by atoms with E-state index in [-0.39, 0.29) is 0 Å². The quantitative estimate of drug-likeness (QED) is 0.702. The highest BCUT2D eigenvalue weighted by atomic mass is 16.2. The van der Waals surface area contributed by atoms with Crippen LogP contribution >= 0.6 is 0 Å². The molecule has 0 unspecified atom stereocenters. The Morgan fingerprint density at radius 3 is 2.31 bits per heavy atom. The Bertz CT molecular complexity index is 210. The number of hydrogen-bond donors (Lipinski definition) is 1. The summed E-state index contributed by atoms with van der Waals surface area (Å²) in [5.41, 5.74) is 5.41. The molecule has 1 rings (SSSR count). The van der Waals surface area contributed by atoms with Crippen LogP contribution in [0, 0.1) is 0 Å². The van der Waals surface area contributed by atoms with Crippen LogP contribution in [0.5, 0.6) is 0 Å². The molecule has 4 nitrogen and oxygen atoms in total. The molecule has 0 aromatic rings. The van der Waals surface area contributed by atoms with Gasteiger partial charge in [0.25, 0.3) is 0 Å². The highest BCUT2D eigenvalue weighted by Crippen LogP contribution is 2.08. The van der Waals surface area contributed by atoms with Gasteiger partial charge in [-0.15, -0.1) is 0 Å². The monoisotopic (exact) mass is 227 g/mol. The third-order valence-corrected chi connectivity index (χ3v) is 3.24. The van der Waals surface area contributed by atoms with Gasteiger partial charge in [-0.25, -0.2) is 0 Å². The SMILES string of the molecule is CC(C)N1CCN(C(=O)CCCCN)CC1. The Balaban J connectivity index is 2.22. The van der Waals surface area contributed by atoms with Crippen LogP contribution < -0.4 is 5.73 Å². The molecular weight excluding hydrogens is 202 g/mol. The maximum Gasteiger partial charge on any atom is 0.222 e. The van der Waals surface area contributed by atoms with Crippen molar-refractivity contribution in [1.29, 1.82) is 0 Å². The molecule has 0 aromatic heterocycles. The van der Waals surface area contributed by atoms with Gasteiger partial charge in [-0.3, -0.25) is 9.69 Å². The first-order valence-corrected chi connectivity index (χ1v) is 6.37. The number of nitrogens with zero attached hydrogens (tertiary/aromatic N) is 2. The number of carbonyl (C=O) groups excluding carboxylic acids is 1. The van der Waals surface area contributed by atoms with Crippen LogP contribution in [0.4, 0.5) is 0 Å². The van der Waals surface area contributed by atoms with Crippen molar-refractivity contribution >= 4 is 5.91 Å². The third-order valence-electron chi connectivity index (χ3n) is 3.24. The van der Waals surface area contributed by atoms with E-state index in [1.165, 1.54) is 0 Å². The zero-order valence-corrected chi connectivity index (χ0v) is 10.6. The van der Waals surface area contributed by atoms with Crippen LogP contribution in [0.3, 0.4) is 0 Å². The number of carbonyl (C=O) groups is 1. The lowest BCUT2D eigenvalue weighted by molar-refractivity contribution is -0.133. The summed E-state index contributed by atoms with van der Waals surface area (Å²) in [4.78, 5) is 16.2. The summed E-state index contributed by atoms with van der Waals surface area (Å²) >= 11 is 0. The van der Waals surface area contributed by atoms with Crippen LogP contribution in [0.25, 0.3) is 0 Å². The highest BCUT2D eigenvalue weighted by Gasteiger charge is 2.21. The van der Waals surface area contributed by atoms with Crippen LogP contribution in [0.15, 0.2) is 0 Å². The average molecular weight is 227 g/mol. The van der Waals surface area contributed by atoms with Gasteiger partial charge in [-0.1, -0.05) is 0 Å². The van der Waals surface area contributed by atoms with E-state index in [9.17, 15) is 4.79 Å². The van der Waals surface area contributed by atoms with Gasteiger partial charge in [0.2, 0.25) is 5.91 Å². The number of unbranched alkanes of at least 4 members (excludes halogenated alkanes) is 1. The summed E-state index contributed by atoms with van der Waals surface area (Å²) in [7, 11) is 0. The van der Waals surface area contributed by atoms with Gasteiger partial charge in [-0.05, 0) is 33.2 Å². The molecule has 1 fully saturated rings. The third kappa shape index (κ3) is 4.10. The van der Waals surface area contributed by atoms with Gasteiger partial charge in [-0.2, -0.15) is 0 Å². The zero-order chi connectivity index (χ0) is 12.0. The summed E-state index contributed by atoms with van der Waals surface area (Å²) in [6.45, 7) is 8.91.